The molecule has 1 aliphatic heterocycles. The molecule has 0 amide bonds. The lowest BCUT2D eigenvalue weighted by molar-refractivity contribution is 0.292. The van der Waals surface area contributed by atoms with Gasteiger partial charge in [-0.3, -0.25) is 0 Å². The maximum Gasteiger partial charge on any atom is 0.243 e. The van der Waals surface area contributed by atoms with Crippen molar-refractivity contribution in [1.82, 2.24) is 4.31 Å². The lowest BCUT2D eigenvalue weighted by Crippen LogP contribution is -2.38. The van der Waals surface area contributed by atoms with Crippen LogP contribution >= 0.6 is 15.9 Å². The Labute approximate surface area is 129 Å². The summed E-state index contributed by atoms with van der Waals surface area (Å²) < 4.78 is 27.0. The van der Waals surface area contributed by atoms with Gasteiger partial charge in [-0.2, -0.15) is 4.31 Å². The van der Waals surface area contributed by atoms with Crippen molar-refractivity contribution in [2.24, 2.45) is 5.92 Å². The summed E-state index contributed by atoms with van der Waals surface area (Å²) in [4.78, 5) is 0.482. The third kappa shape index (κ3) is 2.68. The highest BCUT2D eigenvalue weighted by molar-refractivity contribution is 9.09. The molecule has 1 aromatic rings. The van der Waals surface area contributed by atoms with Gasteiger partial charge in [-0.15, -0.1) is 0 Å². The van der Waals surface area contributed by atoms with E-state index in [2.05, 4.69) is 15.9 Å². The molecule has 0 unspecified atom stereocenters. The molecule has 1 saturated heterocycles. The lowest BCUT2D eigenvalue weighted by Gasteiger charge is -2.30. The van der Waals surface area contributed by atoms with Crippen LogP contribution in [-0.2, 0) is 22.9 Å². The summed E-state index contributed by atoms with van der Waals surface area (Å²) in [6.45, 7) is 1.30. The first-order chi connectivity index (χ1) is 9.61. The van der Waals surface area contributed by atoms with Gasteiger partial charge in [-0.25, -0.2) is 8.42 Å². The second kappa shape index (κ2) is 5.78. The van der Waals surface area contributed by atoms with Crippen LogP contribution in [0.2, 0.25) is 0 Å². The lowest BCUT2D eigenvalue weighted by atomic mass is 10.0. The molecule has 1 aromatic carbocycles. The number of alkyl halides is 1. The quantitative estimate of drug-likeness (QED) is 0.779. The highest BCUT2D eigenvalue weighted by Crippen LogP contribution is 2.28. The van der Waals surface area contributed by atoms with Crippen LogP contribution in [0.25, 0.3) is 0 Å². The van der Waals surface area contributed by atoms with Crippen molar-refractivity contribution in [2.75, 3.05) is 18.4 Å². The number of hydrogen-bond donors (Lipinski definition) is 0. The van der Waals surface area contributed by atoms with Crippen LogP contribution < -0.4 is 0 Å². The summed E-state index contributed by atoms with van der Waals surface area (Å²) in [6, 6.07) is 5.69. The fraction of sp³-hybridized carbons (Fsp3) is 0.600. The van der Waals surface area contributed by atoms with Crippen molar-refractivity contribution in [2.45, 2.75) is 37.0 Å². The topological polar surface area (TPSA) is 37.4 Å². The second-order valence-electron chi connectivity index (χ2n) is 5.79. The van der Waals surface area contributed by atoms with Crippen LogP contribution in [0.4, 0.5) is 0 Å². The van der Waals surface area contributed by atoms with Crippen LogP contribution in [0.15, 0.2) is 23.1 Å². The number of hydrogen-bond acceptors (Lipinski definition) is 2. The Hall–Kier alpha value is -0.390. The van der Waals surface area contributed by atoms with E-state index < -0.39 is 10.0 Å². The molecule has 3 rings (SSSR count). The number of sulfonamides is 1. The van der Waals surface area contributed by atoms with E-state index in [-0.39, 0.29) is 0 Å². The molecule has 0 spiro atoms. The van der Waals surface area contributed by atoms with Gasteiger partial charge in [-0.1, -0.05) is 22.0 Å². The van der Waals surface area contributed by atoms with Crippen LogP contribution in [0.5, 0.6) is 0 Å². The van der Waals surface area contributed by atoms with Crippen molar-refractivity contribution in [3.05, 3.63) is 29.3 Å². The number of fused-ring (bicyclic) bond motifs is 1. The highest BCUT2D eigenvalue weighted by Gasteiger charge is 2.29. The molecule has 20 heavy (non-hydrogen) atoms. The Kier molecular flexibility index (Phi) is 4.20. The molecule has 5 heteroatoms. The third-order valence-corrected chi connectivity index (χ3v) is 7.31. The van der Waals surface area contributed by atoms with E-state index in [0.29, 0.717) is 23.9 Å². The van der Waals surface area contributed by atoms with Gasteiger partial charge >= 0.3 is 0 Å². The van der Waals surface area contributed by atoms with Gasteiger partial charge < -0.3 is 0 Å². The van der Waals surface area contributed by atoms with Crippen molar-refractivity contribution < 1.29 is 8.42 Å². The van der Waals surface area contributed by atoms with Gasteiger partial charge in [-0.05, 0) is 61.3 Å². The van der Waals surface area contributed by atoms with E-state index in [0.717, 1.165) is 37.4 Å². The van der Waals surface area contributed by atoms with E-state index in [1.54, 1.807) is 10.4 Å². The Balaban J connectivity index is 1.82. The average Bonchev–Trinajstić information content (AvgIpc) is 2.94. The normalized spacial score (nSPS) is 21.1. The minimum Gasteiger partial charge on any atom is -0.207 e. The van der Waals surface area contributed by atoms with Gasteiger partial charge in [0.2, 0.25) is 10.0 Å². The maximum atomic E-state index is 12.7. The monoisotopic (exact) mass is 357 g/mol. The smallest absolute Gasteiger partial charge is 0.207 e. The van der Waals surface area contributed by atoms with E-state index in [9.17, 15) is 8.42 Å². The number of piperidine rings is 1. The second-order valence-corrected chi connectivity index (χ2v) is 8.37. The molecule has 0 aromatic heterocycles. The number of halogens is 1. The molecule has 1 fully saturated rings. The van der Waals surface area contributed by atoms with Crippen LogP contribution in [0, 0.1) is 5.92 Å². The number of benzene rings is 1. The summed E-state index contributed by atoms with van der Waals surface area (Å²) in [7, 11) is -3.30. The van der Waals surface area contributed by atoms with Gasteiger partial charge in [0, 0.05) is 18.4 Å². The Morgan fingerprint density at radius 3 is 2.55 bits per heavy atom. The van der Waals surface area contributed by atoms with Crippen molar-refractivity contribution in [3.8, 4) is 0 Å². The Bertz CT molecular complexity index is 592. The summed E-state index contributed by atoms with van der Waals surface area (Å²) >= 11 is 3.49. The number of rotatable bonds is 3. The zero-order valence-corrected chi connectivity index (χ0v) is 13.9. The largest absolute Gasteiger partial charge is 0.243 e. The predicted octanol–water partition coefficient (Wildman–Crippen LogP) is 2.97. The molecule has 0 saturated carbocycles. The van der Waals surface area contributed by atoms with Crippen molar-refractivity contribution in [1.29, 1.82) is 0 Å². The minimum absolute atomic E-state index is 0.482. The fourth-order valence-electron chi connectivity index (χ4n) is 3.16. The molecule has 110 valence electrons. The summed E-state index contributed by atoms with van der Waals surface area (Å²) in [6.07, 6.45) is 5.16. The minimum atomic E-state index is -3.30. The van der Waals surface area contributed by atoms with Gasteiger partial charge in [0.15, 0.2) is 0 Å². The molecule has 0 radical (unpaired) electrons. The maximum absolute atomic E-state index is 12.7. The molecule has 2 aliphatic rings. The highest BCUT2D eigenvalue weighted by atomic mass is 79.9. The molecule has 0 atom stereocenters. The van der Waals surface area contributed by atoms with Gasteiger partial charge in [0.1, 0.15) is 0 Å². The van der Waals surface area contributed by atoms with Crippen molar-refractivity contribution >= 4 is 26.0 Å². The van der Waals surface area contributed by atoms with Gasteiger partial charge in [0.25, 0.3) is 0 Å². The molecule has 1 heterocycles. The Morgan fingerprint density at radius 2 is 1.85 bits per heavy atom. The SMILES string of the molecule is O=S(=O)(c1ccc2c(c1)CCC2)N1CCC(CBr)CC1. The van der Waals surface area contributed by atoms with E-state index >= 15 is 0 Å². The van der Waals surface area contributed by atoms with Crippen LogP contribution in [-0.4, -0.2) is 31.1 Å². The Morgan fingerprint density at radius 1 is 1.15 bits per heavy atom. The first-order valence-electron chi connectivity index (χ1n) is 7.29. The predicted molar refractivity (Wildman–Crippen MR) is 83.7 cm³/mol. The van der Waals surface area contributed by atoms with E-state index in [4.69, 9.17) is 0 Å². The van der Waals surface area contributed by atoms with Gasteiger partial charge in [0.05, 0.1) is 4.90 Å². The summed E-state index contributed by atoms with van der Waals surface area (Å²) in [5.74, 6) is 0.612. The number of nitrogens with zero attached hydrogens (tertiary/aromatic N) is 1. The molecular formula is C15H20BrNO2S. The van der Waals surface area contributed by atoms with E-state index in [1.165, 1.54) is 11.1 Å². The summed E-state index contributed by atoms with van der Waals surface area (Å²) in [5.41, 5.74) is 2.54. The molecular weight excluding hydrogens is 338 g/mol. The average molecular weight is 358 g/mol. The first kappa shape index (κ1) is 14.5. The third-order valence-electron chi connectivity index (χ3n) is 4.50. The van der Waals surface area contributed by atoms with E-state index in [1.807, 2.05) is 12.1 Å². The van der Waals surface area contributed by atoms with Crippen molar-refractivity contribution in [3.63, 3.8) is 0 Å². The standard InChI is InChI=1S/C15H20BrNO2S/c16-11-12-6-8-17(9-7-12)20(18,19)15-5-4-13-2-1-3-14(13)10-15/h4-5,10,12H,1-3,6-9,11H2. The fourth-order valence-corrected chi connectivity index (χ4v) is 5.33. The van der Waals surface area contributed by atoms with Crippen LogP contribution in [0.1, 0.15) is 30.4 Å². The molecule has 0 N–H and O–H groups in total. The van der Waals surface area contributed by atoms with Crippen LogP contribution in [0.3, 0.4) is 0 Å². The summed E-state index contributed by atoms with van der Waals surface area (Å²) in [5, 5.41) is 0.972. The molecule has 3 nitrogen and oxygen atoms in total. The molecule has 0 bridgehead atoms. The number of aryl methyl sites for hydroxylation is 2. The molecule has 1 aliphatic carbocycles. The zero-order valence-electron chi connectivity index (χ0n) is 11.5. The zero-order chi connectivity index (χ0) is 14.2. The first-order valence-corrected chi connectivity index (χ1v) is 9.85.